The summed E-state index contributed by atoms with van der Waals surface area (Å²) in [5.41, 5.74) is 12.7. The molecule has 10 aromatic rings. The largest absolute Gasteiger partial charge is 0.455 e. The molecule has 0 N–H and O–H groups in total. The summed E-state index contributed by atoms with van der Waals surface area (Å²) in [4.78, 5) is 7.46. The van der Waals surface area contributed by atoms with Crippen molar-refractivity contribution in [3.8, 4) is 22.6 Å². The molecule has 0 spiro atoms. The number of hydrogen-bond acceptors (Lipinski definition) is 4. The monoisotopic (exact) mass is 692 g/mol. The molecule has 0 fully saturated rings. The summed E-state index contributed by atoms with van der Waals surface area (Å²) in [5, 5.41) is 6.70. The Morgan fingerprint density at radius 2 is 1.28 bits per heavy atom. The van der Waals surface area contributed by atoms with Gasteiger partial charge in [-0.2, -0.15) is 0 Å². The van der Waals surface area contributed by atoms with Crippen LogP contribution in [0.5, 0.6) is 0 Å². The van der Waals surface area contributed by atoms with Crippen LogP contribution in [0.25, 0.3) is 83.2 Å². The minimum absolute atomic E-state index is 0.567. The van der Waals surface area contributed by atoms with Crippen molar-refractivity contribution in [2.45, 2.75) is 6.42 Å². The van der Waals surface area contributed by atoms with Gasteiger partial charge in [0.25, 0.3) is 0 Å². The van der Waals surface area contributed by atoms with Gasteiger partial charge in [-0.05, 0) is 98.4 Å². The SMILES string of the molecule is C=C1/C=C\c2ccccc2Cc2cc(-c3nc4cc(-c5ccc6ccccc6c5)c5oc6ccccc6c5c4o3)ccc2N1c1ccc2ccccc2c1. The average Bonchev–Trinajstić information content (AvgIpc) is 3.83. The molecule has 54 heavy (non-hydrogen) atoms. The van der Waals surface area contributed by atoms with Crippen molar-refractivity contribution in [2.24, 2.45) is 0 Å². The first-order valence-electron chi connectivity index (χ1n) is 18.3. The number of fused-ring (bicyclic) bond motifs is 9. The number of para-hydroxylation sites is 1. The number of rotatable bonds is 3. The number of hydrogen-bond donors (Lipinski definition) is 0. The molecule has 0 radical (unpaired) electrons. The van der Waals surface area contributed by atoms with Crippen LogP contribution in [0.15, 0.2) is 185 Å². The molecule has 11 rings (SSSR count). The molecular weight excluding hydrogens is 661 g/mol. The first-order chi connectivity index (χ1) is 26.6. The molecule has 0 aliphatic carbocycles. The van der Waals surface area contributed by atoms with Gasteiger partial charge in [-0.3, -0.25) is 0 Å². The van der Waals surface area contributed by atoms with Crippen molar-refractivity contribution < 1.29 is 8.83 Å². The molecule has 2 aromatic heterocycles. The fraction of sp³-hybridized carbons (Fsp3) is 0.0200. The molecule has 1 aliphatic rings. The first-order valence-corrected chi connectivity index (χ1v) is 18.3. The summed E-state index contributed by atoms with van der Waals surface area (Å²) in [6.07, 6.45) is 5.02. The van der Waals surface area contributed by atoms with Crippen LogP contribution in [-0.2, 0) is 6.42 Å². The maximum Gasteiger partial charge on any atom is 0.227 e. The van der Waals surface area contributed by atoms with Crippen molar-refractivity contribution in [2.75, 3.05) is 4.90 Å². The van der Waals surface area contributed by atoms with Gasteiger partial charge >= 0.3 is 0 Å². The van der Waals surface area contributed by atoms with Crippen molar-refractivity contribution in [1.29, 1.82) is 0 Å². The Morgan fingerprint density at radius 3 is 2.15 bits per heavy atom. The van der Waals surface area contributed by atoms with Gasteiger partial charge in [0.2, 0.25) is 5.89 Å². The van der Waals surface area contributed by atoms with Crippen molar-refractivity contribution >= 4 is 72.0 Å². The third-order valence-corrected chi connectivity index (χ3v) is 10.8. The summed E-state index contributed by atoms with van der Waals surface area (Å²) in [7, 11) is 0. The van der Waals surface area contributed by atoms with Gasteiger partial charge in [0.1, 0.15) is 16.7 Å². The zero-order valence-corrected chi connectivity index (χ0v) is 29.3. The highest BCUT2D eigenvalue weighted by molar-refractivity contribution is 6.20. The van der Waals surface area contributed by atoms with E-state index in [-0.39, 0.29) is 0 Å². The van der Waals surface area contributed by atoms with Gasteiger partial charge in [0.15, 0.2) is 5.58 Å². The average molecular weight is 693 g/mol. The summed E-state index contributed by atoms with van der Waals surface area (Å²) in [5.74, 6) is 0.567. The van der Waals surface area contributed by atoms with Crippen LogP contribution in [0.4, 0.5) is 11.4 Å². The second kappa shape index (κ2) is 11.9. The van der Waals surface area contributed by atoms with Gasteiger partial charge in [-0.25, -0.2) is 4.98 Å². The fourth-order valence-corrected chi connectivity index (χ4v) is 8.14. The molecule has 0 saturated carbocycles. The number of nitrogens with zero attached hydrogens (tertiary/aromatic N) is 2. The molecule has 3 heterocycles. The van der Waals surface area contributed by atoms with Gasteiger partial charge in [-0.1, -0.05) is 122 Å². The van der Waals surface area contributed by atoms with E-state index in [1.807, 2.05) is 18.2 Å². The van der Waals surface area contributed by atoms with E-state index in [1.165, 1.54) is 32.7 Å². The lowest BCUT2D eigenvalue weighted by atomic mass is 9.96. The number of allylic oxidation sites excluding steroid dienone is 1. The van der Waals surface area contributed by atoms with Crippen molar-refractivity contribution in [1.82, 2.24) is 4.98 Å². The van der Waals surface area contributed by atoms with E-state index in [1.54, 1.807) is 0 Å². The molecular formula is C50H32N2O2. The summed E-state index contributed by atoms with van der Waals surface area (Å²) in [6, 6.07) is 55.5. The highest BCUT2D eigenvalue weighted by atomic mass is 16.4. The zero-order chi connectivity index (χ0) is 35.8. The molecule has 4 heteroatoms. The molecule has 0 atom stereocenters. The predicted molar refractivity (Wildman–Crippen MR) is 223 cm³/mol. The third kappa shape index (κ3) is 4.88. The van der Waals surface area contributed by atoms with Crippen LogP contribution >= 0.6 is 0 Å². The normalized spacial score (nSPS) is 13.6. The number of oxazole rings is 1. The highest BCUT2D eigenvalue weighted by Crippen LogP contribution is 2.44. The third-order valence-electron chi connectivity index (χ3n) is 10.8. The standard InChI is InChI=1S/C50H32N2O2/c1-31-18-19-32-10-2-6-14-36(32)27-40-28-39(23-25-45(40)52(31)41-24-22-34-12-4-7-15-37(34)29-41)50-51-44-30-43(38-21-20-33-11-3-5-13-35(33)26-38)48-47(49(44)54-50)42-16-8-9-17-46(42)53-48/h2-26,28-30H,1,27H2/b19-18-. The minimum Gasteiger partial charge on any atom is -0.455 e. The minimum atomic E-state index is 0.567. The Morgan fingerprint density at radius 1 is 0.556 bits per heavy atom. The van der Waals surface area contributed by atoms with Gasteiger partial charge < -0.3 is 13.7 Å². The Kier molecular flexibility index (Phi) is 6.73. The molecule has 1 aliphatic heterocycles. The Bertz CT molecular complexity index is 3180. The van der Waals surface area contributed by atoms with E-state index >= 15 is 0 Å². The van der Waals surface area contributed by atoms with E-state index in [2.05, 4.69) is 163 Å². The quantitative estimate of drug-likeness (QED) is 0.185. The number of furan rings is 1. The van der Waals surface area contributed by atoms with E-state index in [9.17, 15) is 0 Å². The second-order valence-corrected chi connectivity index (χ2v) is 14.1. The Labute approximate surface area is 311 Å². The zero-order valence-electron chi connectivity index (χ0n) is 29.3. The van der Waals surface area contributed by atoms with E-state index < -0.39 is 0 Å². The van der Waals surface area contributed by atoms with Crippen molar-refractivity contribution in [3.05, 3.63) is 193 Å². The number of anilines is 2. The fourth-order valence-electron chi connectivity index (χ4n) is 8.14. The Hall–Kier alpha value is -7.17. The topological polar surface area (TPSA) is 42.4 Å². The Balaban J connectivity index is 1.11. The summed E-state index contributed by atoms with van der Waals surface area (Å²) in [6.45, 7) is 4.57. The first kappa shape index (κ1) is 30.5. The molecule has 0 bridgehead atoms. The lowest BCUT2D eigenvalue weighted by Gasteiger charge is -2.28. The number of benzene rings is 8. The van der Waals surface area contributed by atoms with Crippen LogP contribution in [0.2, 0.25) is 0 Å². The summed E-state index contributed by atoms with van der Waals surface area (Å²) >= 11 is 0. The maximum absolute atomic E-state index is 6.80. The van der Waals surface area contributed by atoms with Gasteiger partial charge in [0, 0.05) is 40.0 Å². The number of aromatic nitrogens is 1. The smallest absolute Gasteiger partial charge is 0.227 e. The lowest BCUT2D eigenvalue weighted by Crippen LogP contribution is -2.16. The van der Waals surface area contributed by atoms with E-state index in [4.69, 9.17) is 13.8 Å². The van der Waals surface area contributed by atoms with Crippen LogP contribution in [0, 0.1) is 0 Å². The lowest BCUT2D eigenvalue weighted by molar-refractivity contribution is 0.622. The molecule has 0 saturated heterocycles. The summed E-state index contributed by atoms with van der Waals surface area (Å²) < 4.78 is 13.4. The molecule has 8 aromatic carbocycles. The van der Waals surface area contributed by atoms with E-state index in [0.717, 1.165) is 78.8 Å². The van der Waals surface area contributed by atoms with Crippen LogP contribution < -0.4 is 4.90 Å². The van der Waals surface area contributed by atoms with Gasteiger partial charge in [0.05, 0.1) is 5.39 Å². The maximum atomic E-state index is 6.80. The van der Waals surface area contributed by atoms with Crippen LogP contribution in [0.3, 0.4) is 0 Å². The van der Waals surface area contributed by atoms with Crippen LogP contribution in [-0.4, -0.2) is 4.98 Å². The predicted octanol–water partition coefficient (Wildman–Crippen LogP) is 13.6. The highest BCUT2D eigenvalue weighted by Gasteiger charge is 2.23. The molecule has 0 amide bonds. The second-order valence-electron chi connectivity index (χ2n) is 14.1. The van der Waals surface area contributed by atoms with Crippen LogP contribution in [0.1, 0.15) is 16.7 Å². The van der Waals surface area contributed by atoms with E-state index in [0.29, 0.717) is 5.89 Å². The van der Waals surface area contributed by atoms with Gasteiger partial charge in [-0.15, -0.1) is 0 Å². The molecule has 254 valence electrons. The molecule has 4 nitrogen and oxygen atoms in total. The van der Waals surface area contributed by atoms with Crippen molar-refractivity contribution in [3.63, 3.8) is 0 Å². The molecule has 0 unspecified atom stereocenters.